The number of hydrogen-bond acceptors (Lipinski definition) is 5. The molecule has 1 rings (SSSR count). The molecule has 0 atom stereocenters. The summed E-state index contributed by atoms with van der Waals surface area (Å²) < 4.78 is 0. The Labute approximate surface area is 84.6 Å². The van der Waals surface area contributed by atoms with Gasteiger partial charge in [-0.2, -0.15) is 0 Å². The lowest BCUT2D eigenvalue weighted by molar-refractivity contribution is -0.387. The van der Waals surface area contributed by atoms with Gasteiger partial charge in [-0.05, 0) is 12.1 Å². The van der Waals surface area contributed by atoms with Crippen molar-refractivity contribution in [3.8, 4) is 0 Å². The monoisotopic (exact) mass is 213 g/mol. The number of amides is 1. The van der Waals surface area contributed by atoms with Crippen molar-refractivity contribution >= 4 is 24.2 Å². The van der Waals surface area contributed by atoms with Crippen molar-refractivity contribution in [3.63, 3.8) is 0 Å². The van der Waals surface area contributed by atoms with Crippen LogP contribution in [-0.4, -0.2) is 10.8 Å². The standard InChI is InChI=1S/C7H7N3O3S/c8-9-7(11)4-1-2-6(14)5(3-4)10(12)13/h1-3,14H,8H2,(H,9,11). The van der Waals surface area contributed by atoms with Gasteiger partial charge in [-0.3, -0.25) is 20.3 Å². The zero-order valence-corrected chi connectivity index (χ0v) is 7.82. The Morgan fingerprint density at radius 2 is 2.21 bits per heavy atom. The van der Waals surface area contributed by atoms with Crippen LogP contribution in [0.25, 0.3) is 0 Å². The fourth-order valence-electron chi connectivity index (χ4n) is 0.894. The lowest BCUT2D eigenvalue weighted by Crippen LogP contribution is -2.29. The lowest BCUT2D eigenvalue weighted by atomic mass is 10.2. The second-order valence-corrected chi connectivity index (χ2v) is 2.92. The second kappa shape index (κ2) is 4.07. The highest BCUT2D eigenvalue weighted by atomic mass is 32.1. The Morgan fingerprint density at radius 1 is 1.57 bits per heavy atom. The van der Waals surface area contributed by atoms with E-state index < -0.39 is 10.8 Å². The third-order valence-electron chi connectivity index (χ3n) is 1.57. The van der Waals surface area contributed by atoms with Gasteiger partial charge in [0.2, 0.25) is 0 Å². The van der Waals surface area contributed by atoms with Crippen molar-refractivity contribution in [2.45, 2.75) is 4.90 Å². The molecule has 0 aliphatic carbocycles. The molecule has 0 aliphatic heterocycles. The quantitative estimate of drug-likeness (QED) is 0.219. The second-order valence-electron chi connectivity index (χ2n) is 2.43. The van der Waals surface area contributed by atoms with Crippen LogP contribution < -0.4 is 11.3 Å². The number of carbonyl (C=O) groups is 1. The van der Waals surface area contributed by atoms with Crippen LogP contribution in [0.3, 0.4) is 0 Å². The van der Waals surface area contributed by atoms with Crippen LogP contribution in [0.1, 0.15) is 10.4 Å². The van der Waals surface area contributed by atoms with Crippen LogP contribution in [0.5, 0.6) is 0 Å². The minimum atomic E-state index is -0.615. The van der Waals surface area contributed by atoms with E-state index in [2.05, 4.69) is 12.6 Å². The summed E-state index contributed by atoms with van der Waals surface area (Å²) in [5.41, 5.74) is 1.78. The molecule has 0 saturated heterocycles. The van der Waals surface area contributed by atoms with E-state index in [9.17, 15) is 14.9 Å². The van der Waals surface area contributed by atoms with E-state index in [0.29, 0.717) is 0 Å². The normalized spacial score (nSPS) is 9.57. The molecule has 1 amide bonds. The van der Waals surface area contributed by atoms with E-state index in [0.717, 1.165) is 6.07 Å². The van der Waals surface area contributed by atoms with E-state index in [1.165, 1.54) is 12.1 Å². The molecule has 0 aromatic heterocycles. The molecule has 14 heavy (non-hydrogen) atoms. The van der Waals surface area contributed by atoms with Crippen LogP contribution >= 0.6 is 12.6 Å². The van der Waals surface area contributed by atoms with Crippen molar-refractivity contribution < 1.29 is 9.72 Å². The molecule has 0 spiro atoms. The molecule has 3 N–H and O–H groups in total. The minimum absolute atomic E-state index is 0.122. The lowest BCUT2D eigenvalue weighted by Gasteiger charge is -2.00. The molecule has 0 aliphatic rings. The van der Waals surface area contributed by atoms with Crippen LogP contribution in [-0.2, 0) is 0 Å². The van der Waals surface area contributed by atoms with Crippen molar-refractivity contribution in [3.05, 3.63) is 33.9 Å². The molecule has 1 aromatic rings. The summed E-state index contributed by atoms with van der Waals surface area (Å²) in [6, 6.07) is 3.88. The average Bonchev–Trinajstić information content (AvgIpc) is 2.17. The number of hydrogen-bond donors (Lipinski definition) is 3. The van der Waals surface area contributed by atoms with Gasteiger partial charge in [0.25, 0.3) is 11.6 Å². The van der Waals surface area contributed by atoms with Gasteiger partial charge in [-0.25, -0.2) is 5.84 Å². The summed E-state index contributed by atoms with van der Waals surface area (Å²) in [5, 5.41) is 10.5. The molecule has 1 aromatic carbocycles. The molecule has 0 unspecified atom stereocenters. The Bertz CT molecular complexity index is 394. The molecule has 74 valence electrons. The number of nitro benzene ring substituents is 1. The van der Waals surface area contributed by atoms with Crippen LogP contribution in [0.2, 0.25) is 0 Å². The zero-order valence-electron chi connectivity index (χ0n) is 6.93. The molecular formula is C7H7N3O3S. The Kier molecular flexibility index (Phi) is 3.05. The van der Waals surface area contributed by atoms with Gasteiger partial charge < -0.3 is 0 Å². The summed E-state index contributed by atoms with van der Waals surface area (Å²) in [6.07, 6.45) is 0. The number of hydrazine groups is 1. The topological polar surface area (TPSA) is 98.3 Å². The minimum Gasteiger partial charge on any atom is -0.290 e. The highest BCUT2D eigenvalue weighted by Crippen LogP contribution is 2.23. The van der Waals surface area contributed by atoms with Gasteiger partial charge in [0.1, 0.15) is 0 Å². The predicted octanol–water partition coefficient (Wildman–Crippen LogP) is 0.487. The first kappa shape index (κ1) is 10.5. The fraction of sp³-hybridized carbons (Fsp3) is 0. The van der Waals surface area contributed by atoms with Crippen molar-refractivity contribution in [2.24, 2.45) is 5.84 Å². The zero-order chi connectivity index (χ0) is 10.7. The van der Waals surface area contributed by atoms with Gasteiger partial charge in [-0.1, -0.05) is 0 Å². The van der Waals surface area contributed by atoms with Gasteiger partial charge in [0.15, 0.2) is 0 Å². The highest BCUT2D eigenvalue weighted by Gasteiger charge is 2.14. The molecular weight excluding hydrogens is 206 g/mol. The molecule has 0 fully saturated rings. The van der Waals surface area contributed by atoms with E-state index in [4.69, 9.17) is 5.84 Å². The predicted molar refractivity (Wildman–Crippen MR) is 52.0 cm³/mol. The molecule has 0 radical (unpaired) electrons. The van der Waals surface area contributed by atoms with E-state index in [1.54, 1.807) is 0 Å². The number of rotatable bonds is 2. The first-order valence-electron chi connectivity index (χ1n) is 3.54. The molecule has 0 bridgehead atoms. The van der Waals surface area contributed by atoms with E-state index in [-0.39, 0.29) is 16.1 Å². The summed E-state index contributed by atoms with van der Waals surface area (Å²) in [4.78, 5) is 21.1. The smallest absolute Gasteiger partial charge is 0.283 e. The summed E-state index contributed by atoms with van der Waals surface area (Å²) in [5.74, 6) is 4.30. The number of benzene rings is 1. The van der Waals surface area contributed by atoms with Crippen LogP contribution in [0.15, 0.2) is 23.1 Å². The molecule has 0 saturated carbocycles. The maximum atomic E-state index is 11.0. The SMILES string of the molecule is NNC(=O)c1ccc(S)c([N+](=O)[O-])c1. The van der Waals surface area contributed by atoms with Gasteiger partial charge in [-0.15, -0.1) is 12.6 Å². The number of nitro groups is 1. The highest BCUT2D eigenvalue weighted by molar-refractivity contribution is 7.80. The Morgan fingerprint density at radius 3 is 2.71 bits per heavy atom. The van der Waals surface area contributed by atoms with Gasteiger partial charge in [0.05, 0.1) is 9.82 Å². The number of nitrogens with one attached hydrogen (secondary N) is 1. The summed E-state index contributed by atoms with van der Waals surface area (Å²) >= 11 is 3.88. The average molecular weight is 213 g/mol. The third-order valence-corrected chi connectivity index (χ3v) is 1.94. The Balaban J connectivity index is 3.19. The fourth-order valence-corrected chi connectivity index (χ4v) is 1.11. The van der Waals surface area contributed by atoms with Crippen molar-refractivity contribution in [1.82, 2.24) is 5.43 Å². The summed E-state index contributed by atoms with van der Waals surface area (Å²) in [6.45, 7) is 0. The molecule has 6 nitrogen and oxygen atoms in total. The van der Waals surface area contributed by atoms with Gasteiger partial charge in [0, 0.05) is 11.6 Å². The number of nitrogens with zero attached hydrogens (tertiary/aromatic N) is 1. The van der Waals surface area contributed by atoms with Crippen LogP contribution in [0, 0.1) is 10.1 Å². The Hall–Kier alpha value is -1.60. The maximum absolute atomic E-state index is 11.0. The summed E-state index contributed by atoms with van der Waals surface area (Å²) in [7, 11) is 0. The van der Waals surface area contributed by atoms with Crippen LogP contribution in [0.4, 0.5) is 5.69 Å². The van der Waals surface area contributed by atoms with E-state index in [1.807, 2.05) is 5.43 Å². The van der Waals surface area contributed by atoms with E-state index >= 15 is 0 Å². The van der Waals surface area contributed by atoms with Gasteiger partial charge >= 0.3 is 0 Å². The number of carbonyl (C=O) groups excluding carboxylic acids is 1. The molecule has 7 heteroatoms. The largest absolute Gasteiger partial charge is 0.290 e. The van der Waals surface area contributed by atoms with Crippen molar-refractivity contribution in [2.75, 3.05) is 0 Å². The number of thiol groups is 1. The first-order valence-corrected chi connectivity index (χ1v) is 3.99. The molecule has 0 heterocycles. The third kappa shape index (κ3) is 2.01. The number of nitrogens with two attached hydrogens (primary N) is 1. The number of nitrogen functional groups attached to an aromatic ring is 1. The maximum Gasteiger partial charge on any atom is 0.283 e. The van der Waals surface area contributed by atoms with Crippen molar-refractivity contribution in [1.29, 1.82) is 0 Å². The first-order chi connectivity index (χ1) is 6.56.